The lowest BCUT2D eigenvalue weighted by Gasteiger charge is -2.15. The van der Waals surface area contributed by atoms with E-state index in [9.17, 15) is 0 Å². The highest BCUT2D eigenvalue weighted by molar-refractivity contribution is 6.30. The normalized spacial score (nSPS) is 11.0. The number of hydrogen-bond donors (Lipinski definition) is 0. The first-order valence-corrected chi connectivity index (χ1v) is 7.53. The van der Waals surface area contributed by atoms with Crippen molar-refractivity contribution in [2.45, 2.75) is 40.5 Å². The number of aromatic nitrogens is 2. The largest absolute Gasteiger partial charge is 0.438 e. The summed E-state index contributed by atoms with van der Waals surface area (Å²) in [6, 6.07) is 3.73. The van der Waals surface area contributed by atoms with Crippen LogP contribution in [0.1, 0.15) is 42.3 Å². The van der Waals surface area contributed by atoms with E-state index in [4.69, 9.17) is 27.9 Å². The van der Waals surface area contributed by atoms with Crippen molar-refractivity contribution in [3.8, 4) is 11.6 Å². The van der Waals surface area contributed by atoms with Crippen molar-refractivity contribution in [2.75, 3.05) is 0 Å². The van der Waals surface area contributed by atoms with Crippen LogP contribution in [0.25, 0.3) is 0 Å². The third-order valence-electron chi connectivity index (χ3n) is 3.20. The van der Waals surface area contributed by atoms with Crippen LogP contribution >= 0.6 is 23.2 Å². The summed E-state index contributed by atoms with van der Waals surface area (Å²) in [5.74, 6) is 2.10. The quantitative estimate of drug-likeness (QED) is 0.687. The number of hydrogen-bond acceptors (Lipinski definition) is 3. The summed E-state index contributed by atoms with van der Waals surface area (Å²) < 4.78 is 6.00. The molecule has 3 nitrogen and oxygen atoms in total. The van der Waals surface area contributed by atoms with E-state index in [1.54, 1.807) is 0 Å². The summed E-state index contributed by atoms with van der Waals surface area (Å²) in [5.41, 5.74) is 2.65. The molecule has 0 N–H and O–H groups in total. The maximum atomic E-state index is 6.18. The van der Waals surface area contributed by atoms with Gasteiger partial charge in [-0.05, 0) is 44.0 Å². The Morgan fingerprint density at radius 1 is 1.00 bits per heavy atom. The SMILES string of the molecule is Cc1cc(Cl)cc(C)c1Oc1nc(C(C)C)nc(Cl)c1C. The average Bonchev–Trinajstić information content (AvgIpc) is 2.37. The second kappa shape index (κ2) is 6.20. The molecule has 0 aliphatic rings. The monoisotopic (exact) mass is 324 g/mol. The molecule has 0 fully saturated rings. The van der Waals surface area contributed by atoms with E-state index >= 15 is 0 Å². The van der Waals surface area contributed by atoms with Crippen LogP contribution in [0.15, 0.2) is 12.1 Å². The molecule has 0 saturated heterocycles. The van der Waals surface area contributed by atoms with Crippen molar-refractivity contribution in [2.24, 2.45) is 0 Å². The van der Waals surface area contributed by atoms with Crippen LogP contribution in [0.4, 0.5) is 0 Å². The van der Waals surface area contributed by atoms with E-state index in [1.807, 2.05) is 46.8 Å². The van der Waals surface area contributed by atoms with Gasteiger partial charge < -0.3 is 4.74 Å². The lowest BCUT2D eigenvalue weighted by atomic mass is 10.1. The van der Waals surface area contributed by atoms with Crippen LogP contribution in [-0.4, -0.2) is 9.97 Å². The van der Waals surface area contributed by atoms with Gasteiger partial charge in [0, 0.05) is 16.5 Å². The molecule has 2 aromatic rings. The molecule has 5 heteroatoms. The van der Waals surface area contributed by atoms with Gasteiger partial charge in [0.05, 0.1) is 0 Å². The summed E-state index contributed by atoms with van der Waals surface area (Å²) in [4.78, 5) is 8.77. The fourth-order valence-corrected chi connectivity index (χ4v) is 2.49. The lowest BCUT2D eigenvalue weighted by molar-refractivity contribution is 0.446. The van der Waals surface area contributed by atoms with Gasteiger partial charge in [0.25, 0.3) is 0 Å². The van der Waals surface area contributed by atoms with E-state index in [0.29, 0.717) is 21.9 Å². The molecule has 0 atom stereocenters. The molecule has 0 aliphatic carbocycles. The van der Waals surface area contributed by atoms with E-state index in [0.717, 1.165) is 22.4 Å². The predicted molar refractivity (Wildman–Crippen MR) is 86.9 cm³/mol. The minimum atomic E-state index is 0.179. The lowest BCUT2D eigenvalue weighted by Crippen LogP contribution is -2.03. The fourth-order valence-electron chi connectivity index (χ4n) is 2.00. The van der Waals surface area contributed by atoms with Crippen LogP contribution in [0.2, 0.25) is 10.2 Å². The van der Waals surface area contributed by atoms with Gasteiger partial charge in [-0.25, -0.2) is 4.98 Å². The molecule has 0 bridgehead atoms. The first-order valence-electron chi connectivity index (χ1n) is 6.78. The molecule has 1 aromatic carbocycles. The summed E-state index contributed by atoms with van der Waals surface area (Å²) in [7, 11) is 0. The van der Waals surface area contributed by atoms with Crippen LogP contribution in [-0.2, 0) is 0 Å². The number of aryl methyl sites for hydroxylation is 2. The van der Waals surface area contributed by atoms with Crippen molar-refractivity contribution < 1.29 is 4.74 Å². The van der Waals surface area contributed by atoms with Crippen LogP contribution in [0.5, 0.6) is 11.6 Å². The Morgan fingerprint density at radius 3 is 2.10 bits per heavy atom. The van der Waals surface area contributed by atoms with Crippen molar-refractivity contribution in [3.63, 3.8) is 0 Å². The molecule has 0 saturated carbocycles. The minimum absolute atomic E-state index is 0.179. The number of halogens is 2. The smallest absolute Gasteiger partial charge is 0.227 e. The number of nitrogens with zero attached hydrogens (tertiary/aromatic N) is 2. The molecule has 2 rings (SSSR count). The first-order chi connectivity index (χ1) is 9.79. The molecule has 1 aromatic heterocycles. The Bertz CT molecular complexity index is 661. The van der Waals surface area contributed by atoms with Gasteiger partial charge in [-0.3, -0.25) is 0 Å². The standard InChI is InChI=1S/C16H18Cl2N2O/c1-8(2)15-19-14(18)11(5)16(20-15)21-13-9(3)6-12(17)7-10(13)4/h6-8H,1-5H3. The van der Waals surface area contributed by atoms with Crippen LogP contribution in [0.3, 0.4) is 0 Å². The maximum absolute atomic E-state index is 6.18. The predicted octanol–water partition coefficient (Wildman–Crippen LogP) is 5.62. The molecule has 0 spiro atoms. The Labute approximate surface area is 135 Å². The van der Waals surface area contributed by atoms with Gasteiger partial charge in [0.15, 0.2) is 0 Å². The highest BCUT2D eigenvalue weighted by Crippen LogP contribution is 2.33. The van der Waals surface area contributed by atoms with Gasteiger partial charge in [-0.15, -0.1) is 0 Å². The highest BCUT2D eigenvalue weighted by atomic mass is 35.5. The van der Waals surface area contributed by atoms with Crippen molar-refractivity contribution >= 4 is 23.2 Å². The topological polar surface area (TPSA) is 35.0 Å². The minimum Gasteiger partial charge on any atom is -0.438 e. The molecule has 21 heavy (non-hydrogen) atoms. The molecule has 1 heterocycles. The van der Waals surface area contributed by atoms with Crippen molar-refractivity contribution in [1.82, 2.24) is 9.97 Å². The summed E-state index contributed by atoms with van der Waals surface area (Å²) in [6.45, 7) is 9.79. The van der Waals surface area contributed by atoms with Gasteiger partial charge in [-0.1, -0.05) is 37.0 Å². The molecule has 0 radical (unpaired) electrons. The second-order valence-electron chi connectivity index (χ2n) is 5.43. The van der Waals surface area contributed by atoms with E-state index < -0.39 is 0 Å². The number of benzene rings is 1. The van der Waals surface area contributed by atoms with Crippen molar-refractivity contribution in [3.05, 3.63) is 44.8 Å². The molecular weight excluding hydrogens is 307 g/mol. The molecule has 0 aliphatic heterocycles. The highest BCUT2D eigenvalue weighted by Gasteiger charge is 2.15. The zero-order valence-corrected chi connectivity index (χ0v) is 14.3. The Hall–Kier alpha value is -1.32. The summed E-state index contributed by atoms with van der Waals surface area (Å²) in [5, 5.41) is 1.12. The Balaban J connectivity index is 2.49. The average molecular weight is 325 g/mol. The van der Waals surface area contributed by atoms with Crippen molar-refractivity contribution in [1.29, 1.82) is 0 Å². The van der Waals surface area contributed by atoms with Gasteiger partial charge in [0.2, 0.25) is 5.88 Å². The number of rotatable bonds is 3. The number of ether oxygens (including phenoxy) is 1. The Kier molecular flexibility index (Phi) is 4.74. The van der Waals surface area contributed by atoms with E-state index in [1.165, 1.54) is 0 Å². The fraction of sp³-hybridized carbons (Fsp3) is 0.375. The van der Waals surface area contributed by atoms with Crippen LogP contribution < -0.4 is 4.74 Å². The second-order valence-corrected chi connectivity index (χ2v) is 6.22. The summed E-state index contributed by atoms with van der Waals surface area (Å²) >= 11 is 12.2. The molecular formula is C16H18Cl2N2O. The maximum Gasteiger partial charge on any atom is 0.227 e. The van der Waals surface area contributed by atoms with Gasteiger partial charge in [0.1, 0.15) is 16.7 Å². The van der Waals surface area contributed by atoms with E-state index in [2.05, 4.69) is 9.97 Å². The van der Waals surface area contributed by atoms with E-state index in [-0.39, 0.29) is 5.92 Å². The zero-order chi connectivity index (χ0) is 15.7. The summed E-state index contributed by atoms with van der Waals surface area (Å²) in [6.07, 6.45) is 0. The third-order valence-corrected chi connectivity index (χ3v) is 3.79. The molecule has 112 valence electrons. The Morgan fingerprint density at radius 2 is 1.57 bits per heavy atom. The van der Waals surface area contributed by atoms with Gasteiger partial charge >= 0.3 is 0 Å². The zero-order valence-electron chi connectivity index (χ0n) is 12.8. The third kappa shape index (κ3) is 3.47. The first kappa shape index (κ1) is 16.1. The molecule has 0 unspecified atom stereocenters. The van der Waals surface area contributed by atoms with Gasteiger partial charge in [-0.2, -0.15) is 4.98 Å². The van der Waals surface area contributed by atoms with Crippen LogP contribution in [0, 0.1) is 20.8 Å². The molecule has 0 amide bonds.